The Balaban J connectivity index is 1.58. The van der Waals surface area contributed by atoms with Gasteiger partial charge in [0.15, 0.2) is 11.8 Å². The summed E-state index contributed by atoms with van der Waals surface area (Å²) < 4.78 is 22.5. The first kappa shape index (κ1) is 33.6. The summed E-state index contributed by atoms with van der Waals surface area (Å²) >= 11 is 0. The quantitative estimate of drug-likeness (QED) is 0.158. The molecule has 2 saturated heterocycles. The highest BCUT2D eigenvalue weighted by molar-refractivity contribution is 6.91. The van der Waals surface area contributed by atoms with Crippen molar-refractivity contribution >= 4 is 48.4 Å². The van der Waals surface area contributed by atoms with Crippen LogP contribution in [0.5, 0.6) is 5.75 Å². The molecule has 0 saturated carbocycles. The second kappa shape index (κ2) is 13.2. The fourth-order valence-corrected chi connectivity index (χ4v) is 11.8. The van der Waals surface area contributed by atoms with Crippen molar-refractivity contribution in [2.24, 2.45) is 5.92 Å². The van der Waals surface area contributed by atoms with Crippen molar-refractivity contribution in [1.82, 2.24) is 0 Å². The second-order valence-electron chi connectivity index (χ2n) is 12.9. The standard InChI is InChI=1S/C34H44N2O9Si/c1-21-32(46(5,6)25-13-11-24(42-3)12-14-25)28(16-18-37)45-34(21)26-19-23(36-29(39)20-30(36)44-22(2)38)10-15-27(26)35(33(34)41)17-8-7-9-31(40)43-4/h10-15,19,21,28,30,32,37H,7-9,16-18,20H2,1-6H3/t21-,28+,30?,32-,34+/m1/s1. The summed E-state index contributed by atoms with van der Waals surface area (Å²) in [7, 11) is 0.619. The number of unbranched alkanes of at least 4 members (excludes halogenated alkanes) is 1. The van der Waals surface area contributed by atoms with Gasteiger partial charge in [0, 0.05) is 43.7 Å². The number of hydrogen-bond acceptors (Lipinski definition) is 9. The van der Waals surface area contributed by atoms with Crippen LogP contribution in [-0.4, -0.2) is 76.6 Å². The zero-order chi connectivity index (χ0) is 33.4. The maximum atomic E-state index is 14.8. The van der Waals surface area contributed by atoms with Crippen LogP contribution < -0.4 is 19.7 Å². The van der Waals surface area contributed by atoms with Gasteiger partial charge in [0.25, 0.3) is 5.91 Å². The van der Waals surface area contributed by atoms with Crippen LogP contribution in [0.1, 0.15) is 51.5 Å². The van der Waals surface area contributed by atoms with Crippen LogP contribution in [0.4, 0.5) is 11.4 Å². The van der Waals surface area contributed by atoms with E-state index in [1.807, 2.05) is 24.3 Å². The number of benzene rings is 2. The lowest BCUT2D eigenvalue weighted by molar-refractivity contribution is -0.154. The normalized spacial score (nSPS) is 25.5. The molecule has 1 unspecified atom stereocenters. The van der Waals surface area contributed by atoms with Gasteiger partial charge in [-0.05, 0) is 55.1 Å². The second-order valence-corrected chi connectivity index (χ2v) is 17.6. The van der Waals surface area contributed by atoms with E-state index >= 15 is 0 Å². The smallest absolute Gasteiger partial charge is 0.305 e. The number of anilines is 2. The molecule has 3 aliphatic heterocycles. The summed E-state index contributed by atoms with van der Waals surface area (Å²) in [6, 6.07) is 13.5. The Labute approximate surface area is 270 Å². The number of esters is 2. The predicted octanol–water partition coefficient (Wildman–Crippen LogP) is 3.61. The molecule has 0 aromatic heterocycles. The van der Waals surface area contributed by atoms with Crippen molar-refractivity contribution in [1.29, 1.82) is 0 Å². The number of nitrogens with zero attached hydrogens (tertiary/aromatic N) is 2. The zero-order valence-corrected chi connectivity index (χ0v) is 28.4. The van der Waals surface area contributed by atoms with Crippen molar-refractivity contribution in [2.45, 2.75) is 82.5 Å². The van der Waals surface area contributed by atoms with Gasteiger partial charge in [0.05, 0.1) is 40.5 Å². The fourth-order valence-electron chi connectivity index (χ4n) is 7.70. The molecule has 2 aromatic rings. The summed E-state index contributed by atoms with van der Waals surface area (Å²) in [6.45, 7) is 8.18. The van der Waals surface area contributed by atoms with Crippen LogP contribution in [0.3, 0.4) is 0 Å². The summed E-state index contributed by atoms with van der Waals surface area (Å²) in [5.41, 5.74) is 0.447. The molecule has 0 bridgehead atoms. The Hall–Kier alpha value is -3.74. The van der Waals surface area contributed by atoms with E-state index in [4.69, 9.17) is 18.9 Å². The molecule has 1 spiro atoms. The molecule has 0 radical (unpaired) electrons. The summed E-state index contributed by atoms with van der Waals surface area (Å²) in [4.78, 5) is 54.2. The zero-order valence-electron chi connectivity index (χ0n) is 27.4. The van der Waals surface area contributed by atoms with Crippen LogP contribution in [0.25, 0.3) is 0 Å². The minimum absolute atomic E-state index is 0.0489. The van der Waals surface area contributed by atoms with Crippen LogP contribution in [-0.2, 0) is 39.0 Å². The molecular formula is C34H44N2O9Si. The van der Waals surface area contributed by atoms with E-state index in [1.54, 1.807) is 18.1 Å². The van der Waals surface area contributed by atoms with E-state index in [0.717, 1.165) is 5.75 Å². The Morgan fingerprint density at radius 2 is 1.80 bits per heavy atom. The van der Waals surface area contributed by atoms with Crippen molar-refractivity contribution in [3.63, 3.8) is 0 Å². The third-order valence-corrected chi connectivity index (χ3v) is 14.3. The highest BCUT2D eigenvalue weighted by Gasteiger charge is 2.66. The van der Waals surface area contributed by atoms with Crippen molar-refractivity contribution in [2.75, 3.05) is 37.2 Å². The topological polar surface area (TPSA) is 132 Å². The highest BCUT2D eigenvalue weighted by atomic mass is 28.3. The lowest BCUT2D eigenvalue weighted by Crippen LogP contribution is -2.55. The minimum atomic E-state index is -2.37. The lowest BCUT2D eigenvalue weighted by Gasteiger charge is -2.39. The molecule has 46 heavy (non-hydrogen) atoms. The van der Waals surface area contributed by atoms with Gasteiger partial charge in [-0.15, -0.1) is 0 Å². The molecule has 2 fully saturated rings. The summed E-state index contributed by atoms with van der Waals surface area (Å²) in [6.07, 6.45) is 0.700. The molecule has 0 aliphatic carbocycles. The van der Waals surface area contributed by atoms with Gasteiger partial charge in [-0.1, -0.05) is 37.3 Å². The molecule has 12 heteroatoms. The van der Waals surface area contributed by atoms with Gasteiger partial charge in [-0.2, -0.15) is 0 Å². The van der Waals surface area contributed by atoms with E-state index in [0.29, 0.717) is 42.7 Å². The van der Waals surface area contributed by atoms with Gasteiger partial charge in [-0.25, -0.2) is 0 Å². The molecule has 3 heterocycles. The average molecular weight is 653 g/mol. The number of carbonyl (C=O) groups is 4. The molecule has 2 aromatic carbocycles. The molecule has 1 N–H and O–H groups in total. The van der Waals surface area contributed by atoms with Crippen molar-refractivity contribution in [3.8, 4) is 5.75 Å². The fraction of sp³-hybridized carbons (Fsp3) is 0.529. The third-order valence-electron chi connectivity index (χ3n) is 9.96. The molecular weight excluding hydrogens is 608 g/mol. The number of aliphatic hydroxyl groups excluding tert-OH is 1. The number of carbonyl (C=O) groups excluding carboxylic acids is 4. The number of β-lactam (4-membered cyclic amide) rings is 1. The Morgan fingerprint density at radius 1 is 1.09 bits per heavy atom. The van der Waals surface area contributed by atoms with E-state index in [1.165, 1.54) is 24.1 Å². The first-order chi connectivity index (χ1) is 21.9. The number of hydrogen-bond donors (Lipinski definition) is 1. The van der Waals surface area contributed by atoms with Gasteiger partial charge in [0.1, 0.15) is 5.75 Å². The van der Waals surface area contributed by atoms with Crippen molar-refractivity contribution in [3.05, 3.63) is 48.0 Å². The van der Waals surface area contributed by atoms with Crippen LogP contribution in [0.2, 0.25) is 18.6 Å². The average Bonchev–Trinajstić information content (AvgIpc) is 3.45. The van der Waals surface area contributed by atoms with E-state index in [-0.39, 0.29) is 48.7 Å². The lowest BCUT2D eigenvalue weighted by atomic mass is 9.82. The van der Waals surface area contributed by atoms with Crippen LogP contribution in [0.15, 0.2) is 42.5 Å². The summed E-state index contributed by atoms with van der Waals surface area (Å²) in [5, 5.41) is 11.4. The Bertz CT molecular complexity index is 1500. The maximum Gasteiger partial charge on any atom is 0.305 e. The molecule has 248 valence electrons. The van der Waals surface area contributed by atoms with Crippen LogP contribution >= 0.6 is 0 Å². The maximum absolute atomic E-state index is 14.8. The first-order valence-electron chi connectivity index (χ1n) is 15.9. The molecule has 5 atom stereocenters. The monoisotopic (exact) mass is 652 g/mol. The third kappa shape index (κ3) is 5.71. The number of fused-ring (bicyclic) bond motifs is 2. The predicted molar refractivity (Wildman–Crippen MR) is 174 cm³/mol. The Morgan fingerprint density at radius 3 is 2.41 bits per heavy atom. The molecule has 2 amide bonds. The van der Waals surface area contributed by atoms with Crippen molar-refractivity contribution < 1.29 is 43.2 Å². The molecule has 5 rings (SSSR count). The molecule has 11 nitrogen and oxygen atoms in total. The number of amides is 2. The van der Waals surface area contributed by atoms with E-state index < -0.39 is 32.0 Å². The SMILES string of the molecule is COC(=O)CCCCN1C(=O)[C@@]2(O[C@@H](CCO)[C@H]([Si](C)(C)c3ccc(OC)cc3)[C@H]2C)c2cc(N3C(=O)CC3OC(C)=O)ccc21. The largest absolute Gasteiger partial charge is 0.497 e. The van der Waals surface area contributed by atoms with E-state index in [2.05, 4.69) is 32.2 Å². The first-order valence-corrected chi connectivity index (χ1v) is 18.9. The van der Waals surface area contributed by atoms with Crippen LogP contribution in [0, 0.1) is 5.92 Å². The number of methoxy groups -OCH3 is 2. The number of ether oxygens (including phenoxy) is 4. The van der Waals surface area contributed by atoms with Gasteiger partial charge >= 0.3 is 11.9 Å². The summed E-state index contributed by atoms with van der Waals surface area (Å²) in [5.74, 6) is -0.692. The Kier molecular flexibility index (Phi) is 9.62. The van der Waals surface area contributed by atoms with Gasteiger partial charge in [0.2, 0.25) is 5.91 Å². The molecule has 3 aliphatic rings. The number of aliphatic hydroxyl groups is 1. The van der Waals surface area contributed by atoms with E-state index in [9.17, 15) is 24.3 Å². The highest BCUT2D eigenvalue weighted by Crippen LogP contribution is 2.60. The number of rotatable bonds is 12. The minimum Gasteiger partial charge on any atom is -0.497 e. The van der Waals surface area contributed by atoms with Gasteiger partial charge < -0.3 is 29.0 Å². The van der Waals surface area contributed by atoms with Gasteiger partial charge in [-0.3, -0.25) is 24.1 Å².